The van der Waals surface area contributed by atoms with Gasteiger partial charge in [-0.25, -0.2) is 0 Å². The van der Waals surface area contributed by atoms with Crippen molar-refractivity contribution in [3.8, 4) is 0 Å². The molecule has 5 heteroatoms. The summed E-state index contributed by atoms with van der Waals surface area (Å²) in [6, 6.07) is 9.70. The Balaban J connectivity index is 1.62. The zero-order valence-corrected chi connectivity index (χ0v) is 11.5. The summed E-state index contributed by atoms with van der Waals surface area (Å²) in [4.78, 5) is 14.4. The maximum atomic E-state index is 12.0. The number of hydrogen-bond donors (Lipinski definition) is 2. The lowest BCUT2D eigenvalue weighted by atomic mass is 10.1. The fraction of sp³-hybridized carbons (Fsp3) is 0.533. The minimum atomic E-state index is -0.474. The second-order valence-electron chi connectivity index (χ2n) is 5.34. The van der Waals surface area contributed by atoms with Gasteiger partial charge in [0.1, 0.15) is 0 Å². The second kappa shape index (κ2) is 6.35. The summed E-state index contributed by atoms with van der Waals surface area (Å²) in [7, 11) is 0. The van der Waals surface area contributed by atoms with Crippen LogP contribution in [0.25, 0.3) is 0 Å². The maximum absolute atomic E-state index is 12.0. The van der Waals surface area contributed by atoms with E-state index in [0.717, 1.165) is 38.3 Å². The molecule has 0 aromatic heterocycles. The van der Waals surface area contributed by atoms with Crippen LogP contribution in [0.2, 0.25) is 0 Å². The number of hydrogen-bond acceptors (Lipinski definition) is 4. The van der Waals surface area contributed by atoms with Crippen LogP contribution in [0.3, 0.4) is 0 Å². The van der Waals surface area contributed by atoms with Gasteiger partial charge >= 0.3 is 0 Å². The lowest BCUT2D eigenvalue weighted by molar-refractivity contribution is -0.146. The van der Waals surface area contributed by atoms with Crippen molar-refractivity contribution in [2.45, 2.75) is 12.2 Å². The van der Waals surface area contributed by atoms with Gasteiger partial charge in [-0.05, 0) is 5.56 Å². The first-order valence-corrected chi connectivity index (χ1v) is 7.24. The van der Waals surface area contributed by atoms with Crippen molar-refractivity contribution in [1.82, 2.24) is 15.5 Å². The molecule has 0 radical (unpaired) electrons. The molecular weight excluding hydrogens is 254 g/mol. The monoisotopic (exact) mass is 275 g/mol. The van der Waals surface area contributed by atoms with E-state index in [1.165, 1.54) is 0 Å². The minimum absolute atomic E-state index is 0.0345. The van der Waals surface area contributed by atoms with Crippen LogP contribution in [0.5, 0.6) is 0 Å². The molecule has 2 aliphatic heterocycles. The van der Waals surface area contributed by atoms with Gasteiger partial charge in [-0.15, -0.1) is 0 Å². The number of amides is 1. The molecule has 2 atom stereocenters. The Kier molecular flexibility index (Phi) is 4.30. The van der Waals surface area contributed by atoms with Crippen LogP contribution in [0.1, 0.15) is 11.7 Å². The van der Waals surface area contributed by atoms with Crippen LogP contribution in [-0.2, 0) is 9.53 Å². The van der Waals surface area contributed by atoms with Crippen LogP contribution in [0, 0.1) is 0 Å². The van der Waals surface area contributed by atoms with E-state index >= 15 is 0 Å². The molecule has 0 bridgehead atoms. The largest absolute Gasteiger partial charge is 0.357 e. The van der Waals surface area contributed by atoms with Gasteiger partial charge in [0.2, 0.25) is 0 Å². The molecular formula is C15H21N3O2. The molecule has 20 heavy (non-hydrogen) atoms. The predicted octanol–water partition coefficient (Wildman–Crippen LogP) is 0.148. The smallest absolute Gasteiger partial charge is 0.253 e. The molecule has 2 saturated heterocycles. The summed E-state index contributed by atoms with van der Waals surface area (Å²) >= 11 is 0. The molecule has 0 aliphatic carbocycles. The predicted molar refractivity (Wildman–Crippen MR) is 76.4 cm³/mol. The van der Waals surface area contributed by atoms with E-state index < -0.39 is 6.10 Å². The fourth-order valence-electron chi connectivity index (χ4n) is 2.76. The van der Waals surface area contributed by atoms with Crippen molar-refractivity contribution in [3.63, 3.8) is 0 Å². The Bertz CT molecular complexity index is 446. The Morgan fingerprint density at radius 1 is 1.20 bits per heavy atom. The van der Waals surface area contributed by atoms with Crippen molar-refractivity contribution in [2.75, 3.05) is 39.3 Å². The summed E-state index contributed by atoms with van der Waals surface area (Å²) < 4.78 is 6.01. The number of nitrogens with zero attached hydrogens (tertiary/aromatic N) is 1. The summed E-state index contributed by atoms with van der Waals surface area (Å²) in [6.45, 7) is 5.63. The highest BCUT2D eigenvalue weighted by Gasteiger charge is 2.31. The number of morpholine rings is 1. The molecule has 2 unspecified atom stereocenters. The van der Waals surface area contributed by atoms with Gasteiger partial charge in [-0.1, -0.05) is 30.3 Å². The molecule has 2 N–H and O–H groups in total. The van der Waals surface area contributed by atoms with E-state index in [1.54, 1.807) is 0 Å². The number of ether oxygens (including phenoxy) is 1. The highest BCUT2D eigenvalue weighted by Crippen LogP contribution is 2.22. The summed E-state index contributed by atoms with van der Waals surface area (Å²) in [5, 5.41) is 6.31. The van der Waals surface area contributed by atoms with Crippen molar-refractivity contribution in [3.05, 3.63) is 35.9 Å². The van der Waals surface area contributed by atoms with Crippen molar-refractivity contribution < 1.29 is 9.53 Å². The quantitative estimate of drug-likeness (QED) is 0.824. The van der Waals surface area contributed by atoms with Crippen molar-refractivity contribution in [1.29, 1.82) is 0 Å². The van der Waals surface area contributed by atoms with Gasteiger partial charge in [0.25, 0.3) is 5.91 Å². The standard InChI is InChI=1S/C15H21N3O2/c19-15-14(12-4-2-1-3-5-12)20-13(10-17-15)11-18-8-6-16-7-9-18/h1-5,13-14,16H,6-11H2,(H,17,19). The first-order valence-electron chi connectivity index (χ1n) is 7.24. The average molecular weight is 275 g/mol. The summed E-state index contributed by atoms with van der Waals surface area (Å²) in [5.41, 5.74) is 0.926. The molecule has 1 amide bonds. The van der Waals surface area contributed by atoms with Crippen LogP contribution >= 0.6 is 0 Å². The zero-order chi connectivity index (χ0) is 13.8. The van der Waals surface area contributed by atoms with E-state index in [9.17, 15) is 4.79 Å². The van der Waals surface area contributed by atoms with Gasteiger partial charge in [-0.3, -0.25) is 9.69 Å². The highest BCUT2D eigenvalue weighted by molar-refractivity contribution is 5.82. The van der Waals surface area contributed by atoms with E-state index in [0.29, 0.717) is 6.54 Å². The average Bonchev–Trinajstić information content (AvgIpc) is 2.51. The number of carbonyl (C=O) groups is 1. The Hall–Kier alpha value is -1.43. The molecule has 2 aliphatic rings. The fourth-order valence-corrected chi connectivity index (χ4v) is 2.76. The third-order valence-corrected chi connectivity index (χ3v) is 3.84. The Morgan fingerprint density at radius 3 is 2.70 bits per heavy atom. The minimum Gasteiger partial charge on any atom is -0.357 e. The number of piperazine rings is 1. The third kappa shape index (κ3) is 3.17. The van der Waals surface area contributed by atoms with E-state index in [2.05, 4.69) is 15.5 Å². The molecule has 1 aromatic carbocycles. The second-order valence-corrected chi connectivity index (χ2v) is 5.34. The molecule has 108 valence electrons. The van der Waals surface area contributed by atoms with Gasteiger partial charge in [0.15, 0.2) is 6.10 Å². The van der Waals surface area contributed by atoms with Crippen molar-refractivity contribution in [2.24, 2.45) is 0 Å². The van der Waals surface area contributed by atoms with Crippen LogP contribution < -0.4 is 10.6 Å². The topological polar surface area (TPSA) is 53.6 Å². The van der Waals surface area contributed by atoms with E-state index in [4.69, 9.17) is 4.74 Å². The van der Waals surface area contributed by atoms with E-state index in [-0.39, 0.29) is 12.0 Å². The molecule has 2 heterocycles. The lowest BCUT2D eigenvalue weighted by Crippen LogP contribution is -2.52. The SMILES string of the molecule is O=C1NCC(CN2CCNCC2)OC1c1ccccc1. The zero-order valence-electron chi connectivity index (χ0n) is 11.5. The first kappa shape index (κ1) is 13.5. The van der Waals surface area contributed by atoms with Gasteiger partial charge in [0, 0.05) is 39.3 Å². The third-order valence-electron chi connectivity index (χ3n) is 3.84. The molecule has 1 aromatic rings. The Morgan fingerprint density at radius 2 is 1.95 bits per heavy atom. The number of rotatable bonds is 3. The van der Waals surface area contributed by atoms with Gasteiger partial charge < -0.3 is 15.4 Å². The Labute approximate surface area is 119 Å². The number of carbonyl (C=O) groups excluding carboxylic acids is 1. The van der Waals surface area contributed by atoms with Crippen molar-refractivity contribution >= 4 is 5.91 Å². The van der Waals surface area contributed by atoms with Gasteiger partial charge in [0.05, 0.1) is 6.10 Å². The molecule has 2 fully saturated rings. The highest BCUT2D eigenvalue weighted by atomic mass is 16.5. The summed E-state index contributed by atoms with van der Waals surface area (Å²) in [5.74, 6) is -0.0345. The first-order chi connectivity index (χ1) is 9.83. The molecule has 3 rings (SSSR count). The molecule has 0 spiro atoms. The van der Waals surface area contributed by atoms with Crippen LogP contribution in [-0.4, -0.2) is 56.2 Å². The summed E-state index contributed by atoms with van der Waals surface area (Å²) in [6.07, 6.45) is -0.408. The molecule has 0 saturated carbocycles. The normalized spacial score (nSPS) is 28.1. The lowest BCUT2D eigenvalue weighted by Gasteiger charge is -2.35. The van der Waals surface area contributed by atoms with Crippen LogP contribution in [0.4, 0.5) is 0 Å². The number of nitrogens with one attached hydrogen (secondary N) is 2. The number of benzene rings is 1. The van der Waals surface area contributed by atoms with Gasteiger partial charge in [-0.2, -0.15) is 0 Å². The maximum Gasteiger partial charge on any atom is 0.253 e. The molecule has 5 nitrogen and oxygen atoms in total. The van der Waals surface area contributed by atoms with E-state index in [1.807, 2.05) is 30.3 Å². The van der Waals surface area contributed by atoms with Crippen LogP contribution in [0.15, 0.2) is 30.3 Å².